The lowest BCUT2D eigenvalue weighted by molar-refractivity contribution is -0.123. The quantitative estimate of drug-likeness (QED) is 0.902. The average molecular weight is 355 g/mol. The second-order valence-electron chi connectivity index (χ2n) is 6.08. The van der Waals surface area contributed by atoms with E-state index in [9.17, 15) is 9.59 Å². The summed E-state index contributed by atoms with van der Waals surface area (Å²) < 4.78 is 0.853. The van der Waals surface area contributed by atoms with Gasteiger partial charge in [-0.05, 0) is 52.3 Å². The number of hydrogen-bond acceptors (Lipinski definition) is 2. The zero-order chi connectivity index (χ0) is 16.2. The molecular weight excluding hydrogens is 332 g/mol. The van der Waals surface area contributed by atoms with Crippen LogP contribution in [0, 0.1) is 6.92 Å². The molecule has 0 aliphatic carbocycles. The number of nitrogens with zero attached hydrogens (tertiary/aromatic N) is 1. The van der Waals surface area contributed by atoms with Gasteiger partial charge >= 0.3 is 0 Å². The lowest BCUT2D eigenvalue weighted by Crippen LogP contribution is -2.47. The summed E-state index contributed by atoms with van der Waals surface area (Å²) in [6.07, 6.45) is 0. The van der Waals surface area contributed by atoms with E-state index in [2.05, 4.69) is 21.2 Å². The van der Waals surface area contributed by atoms with Crippen molar-refractivity contribution in [1.29, 1.82) is 0 Å². The Morgan fingerprint density at radius 3 is 2.43 bits per heavy atom. The van der Waals surface area contributed by atoms with Crippen LogP contribution in [0.1, 0.15) is 43.6 Å². The summed E-state index contributed by atoms with van der Waals surface area (Å²) in [5.41, 5.74) is 1.22. The zero-order valence-electron chi connectivity index (χ0n) is 13.3. The summed E-state index contributed by atoms with van der Waals surface area (Å²) in [4.78, 5) is 26.1. The number of nitrogens with one attached hydrogen (secondary N) is 1. The Bertz CT molecular complexity index is 536. The normalized spacial score (nSPS) is 11.1. The number of carbonyl (C=O) groups is 2. The van der Waals surface area contributed by atoms with Crippen LogP contribution < -0.4 is 5.32 Å². The maximum absolute atomic E-state index is 12.6. The molecule has 0 atom stereocenters. The fourth-order valence-electron chi connectivity index (χ4n) is 1.95. The van der Waals surface area contributed by atoms with E-state index in [0.29, 0.717) is 12.1 Å². The van der Waals surface area contributed by atoms with Gasteiger partial charge in [0.05, 0.1) is 6.54 Å². The molecular formula is C16H23BrN2O2. The maximum atomic E-state index is 12.6. The van der Waals surface area contributed by atoms with Gasteiger partial charge in [-0.3, -0.25) is 9.59 Å². The fraction of sp³-hybridized carbons (Fsp3) is 0.500. The van der Waals surface area contributed by atoms with Crippen molar-refractivity contribution < 1.29 is 9.59 Å². The molecule has 0 heterocycles. The van der Waals surface area contributed by atoms with Gasteiger partial charge in [0.2, 0.25) is 5.91 Å². The minimum atomic E-state index is -0.300. The third-order valence-electron chi connectivity index (χ3n) is 2.95. The predicted octanol–water partition coefficient (Wildman–Crippen LogP) is 3.13. The third-order valence-corrected chi connectivity index (χ3v) is 3.44. The maximum Gasteiger partial charge on any atom is 0.254 e. The molecule has 0 spiro atoms. The van der Waals surface area contributed by atoms with Gasteiger partial charge in [0.15, 0.2) is 0 Å². The van der Waals surface area contributed by atoms with E-state index in [1.807, 2.05) is 46.8 Å². The Kier molecular flexibility index (Phi) is 5.96. The van der Waals surface area contributed by atoms with Crippen molar-refractivity contribution in [3.05, 3.63) is 33.8 Å². The van der Waals surface area contributed by atoms with E-state index in [4.69, 9.17) is 0 Å². The molecule has 0 saturated heterocycles. The monoisotopic (exact) mass is 354 g/mol. The van der Waals surface area contributed by atoms with Gasteiger partial charge in [0.1, 0.15) is 0 Å². The Labute approximate surface area is 135 Å². The lowest BCUT2D eigenvalue weighted by Gasteiger charge is -2.25. The molecule has 1 N–H and O–H groups in total. The van der Waals surface area contributed by atoms with Crippen LogP contribution >= 0.6 is 15.9 Å². The van der Waals surface area contributed by atoms with Gasteiger partial charge in [-0.25, -0.2) is 0 Å². The number of carbonyl (C=O) groups excluding carboxylic acids is 2. The highest BCUT2D eigenvalue weighted by molar-refractivity contribution is 9.10. The number of rotatable bonds is 4. The number of benzene rings is 1. The van der Waals surface area contributed by atoms with E-state index in [0.717, 1.165) is 10.0 Å². The summed E-state index contributed by atoms with van der Waals surface area (Å²) in [7, 11) is 0. The Hall–Kier alpha value is -1.36. The first-order chi connectivity index (χ1) is 9.64. The van der Waals surface area contributed by atoms with Crippen molar-refractivity contribution >= 4 is 27.7 Å². The number of amides is 2. The van der Waals surface area contributed by atoms with Gasteiger partial charge in [-0.15, -0.1) is 0 Å². The van der Waals surface area contributed by atoms with Crippen molar-refractivity contribution in [2.24, 2.45) is 0 Å². The number of hydrogen-bond donors (Lipinski definition) is 1. The largest absolute Gasteiger partial charge is 0.350 e. The number of halogens is 1. The van der Waals surface area contributed by atoms with Gasteiger partial charge in [0.25, 0.3) is 5.91 Å². The van der Waals surface area contributed by atoms with E-state index in [1.54, 1.807) is 11.0 Å². The van der Waals surface area contributed by atoms with Gasteiger partial charge < -0.3 is 10.2 Å². The minimum Gasteiger partial charge on any atom is -0.350 e. The number of likely N-dealkylation sites (N-methyl/N-ethyl adjacent to an activating group) is 1. The molecule has 4 nitrogen and oxygen atoms in total. The molecule has 0 aliphatic rings. The lowest BCUT2D eigenvalue weighted by atomic mass is 10.1. The molecule has 0 fully saturated rings. The molecule has 1 rings (SSSR count). The molecule has 0 bridgehead atoms. The highest BCUT2D eigenvalue weighted by atomic mass is 79.9. The van der Waals surface area contributed by atoms with Crippen LogP contribution in [-0.4, -0.2) is 35.3 Å². The first kappa shape index (κ1) is 17.7. The van der Waals surface area contributed by atoms with Crippen LogP contribution in [0.2, 0.25) is 0 Å². The zero-order valence-corrected chi connectivity index (χ0v) is 14.9. The van der Waals surface area contributed by atoms with Gasteiger partial charge in [0, 0.05) is 22.1 Å². The van der Waals surface area contributed by atoms with Crippen LogP contribution in [0.25, 0.3) is 0 Å². The number of aryl methyl sites for hydroxylation is 1. The van der Waals surface area contributed by atoms with Crippen LogP contribution in [0.5, 0.6) is 0 Å². The van der Waals surface area contributed by atoms with Crippen LogP contribution in [-0.2, 0) is 4.79 Å². The standard InChI is InChI=1S/C16H23BrN2O2/c1-6-19(10-14(20)18-16(3,4)5)15(21)13-9-12(17)8-7-11(13)2/h7-9H,6,10H2,1-5H3,(H,18,20). The summed E-state index contributed by atoms with van der Waals surface area (Å²) >= 11 is 3.38. The van der Waals surface area contributed by atoms with E-state index in [1.165, 1.54) is 0 Å². The highest BCUT2D eigenvalue weighted by Crippen LogP contribution is 2.17. The van der Waals surface area contributed by atoms with Crippen LogP contribution in [0.15, 0.2) is 22.7 Å². The summed E-state index contributed by atoms with van der Waals surface area (Å²) in [5, 5.41) is 2.87. The van der Waals surface area contributed by atoms with E-state index < -0.39 is 0 Å². The first-order valence-corrected chi connectivity index (χ1v) is 7.79. The molecule has 5 heteroatoms. The fourth-order valence-corrected chi connectivity index (χ4v) is 2.31. The summed E-state index contributed by atoms with van der Waals surface area (Å²) in [6, 6.07) is 5.58. The Morgan fingerprint density at radius 2 is 1.90 bits per heavy atom. The Balaban J connectivity index is 2.87. The molecule has 0 unspecified atom stereocenters. The second kappa shape index (κ2) is 7.07. The van der Waals surface area contributed by atoms with Crippen molar-refractivity contribution in [2.75, 3.05) is 13.1 Å². The van der Waals surface area contributed by atoms with Crippen molar-refractivity contribution in [2.45, 2.75) is 40.2 Å². The molecule has 2 amide bonds. The van der Waals surface area contributed by atoms with Crippen LogP contribution in [0.4, 0.5) is 0 Å². The van der Waals surface area contributed by atoms with Crippen molar-refractivity contribution in [3.63, 3.8) is 0 Å². The summed E-state index contributed by atoms with van der Waals surface area (Å²) in [6.45, 7) is 10.1. The van der Waals surface area contributed by atoms with Gasteiger partial charge in [-0.2, -0.15) is 0 Å². The van der Waals surface area contributed by atoms with Crippen molar-refractivity contribution in [1.82, 2.24) is 10.2 Å². The molecule has 21 heavy (non-hydrogen) atoms. The molecule has 1 aromatic carbocycles. The van der Waals surface area contributed by atoms with Gasteiger partial charge in [-0.1, -0.05) is 22.0 Å². The molecule has 0 aromatic heterocycles. The topological polar surface area (TPSA) is 49.4 Å². The highest BCUT2D eigenvalue weighted by Gasteiger charge is 2.21. The van der Waals surface area contributed by atoms with E-state index in [-0.39, 0.29) is 23.9 Å². The summed E-state index contributed by atoms with van der Waals surface area (Å²) in [5.74, 6) is -0.272. The molecule has 1 aromatic rings. The van der Waals surface area contributed by atoms with Crippen molar-refractivity contribution in [3.8, 4) is 0 Å². The smallest absolute Gasteiger partial charge is 0.254 e. The average Bonchev–Trinajstić information content (AvgIpc) is 2.36. The van der Waals surface area contributed by atoms with Crippen LogP contribution in [0.3, 0.4) is 0 Å². The second-order valence-corrected chi connectivity index (χ2v) is 6.99. The molecule has 0 saturated carbocycles. The molecule has 116 valence electrons. The molecule has 0 aliphatic heterocycles. The third kappa shape index (κ3) is 5.50. The predicted molar refractivity (Wildman–Crippen MR) is 88.4 cm³/mol. The van der Waals surface area contributed by atoms with E-state index >= 15 is 0 Å². The Morgan fingerprint density at radius 1 is 1.29 bits per heavy atom. The first-order valence-electron chi connectivity index (χ1n) is 7.00. The minimum absolute atomic E-state index is 0.0680. The SMILES string of the molecule is CCN(CC(=O)NC(C)(C)C)C(=O)c1cc(Br)ccc1C. The molecule has 0 radical (unpaired) electrons.